The van der Waals surface area contributed by atoms with Gasteiger partial charge in [-0.25, -0.2) is 4.79 Å². The van der Waals surface area contributed by atoms with E-state index in [2.05, 4.69) is 6.58 Å². The third-order valence-corrected chi connectivity index (χ3v) is 3.65. The van der Waals surface area contributed by atoms with Crippen molar-refractivity contribution in [3.05, 3.63) is 23.9 Å². The zero-order valence-electron chi connectivity index (χ0n) is 9.85. The first kappa shape index (κ1) is 17.0. The molecule has 17 heavy (non-hydrogen) atoms. The first-order chi connectivity index (χ1) is 7.83. The fraction of sp³-hybridized carbons (Fsp3) is 0.545. The van der Waals surface area contributed by atoms with Crippen molar-refractivity contribution in [2.75, 3.05) is 6.61 Å². The van der Waals surface area contributed by atoms with Gasteiger partial charge in [0.15, 0.2) is 0 Å². The van der Waals surface area contributed by atoms with E-state index >= 15 is 0 Å². The van der Waals surface area contributed by atoms with Crippen LogP contribution in [-0.4, -0.2) is 18.6 Å². The number of rotatable bonds is 8. The molecule has 0 aliphatic heterocycles. The summed E-state index contributed by atoms with van der Waals surface area (Å²) in [4.78, 5) is 11.0. The van der Waals surface area contributed by atoms with Gasteiger partial charge in [-0.15, -0.1) is 33.2 Å². The van der Waals surface area contributed by atoms with Crippen LogP contribution in [0.25, 0.3) is 0 Å². The molecule has 0 bridgehead atoms. The first-order valence-electron chi connectivity index (χ1n) is 5.40. The average molecular weight is 316 g/mol. The Balaban J connectivity index is 3.39. The lowest BCUT2D eigenvalue weighted by Gasteiger charge is -2.03. The van der Waals surface area contributed by atoms with Crippen LogP contribution in [0.5, 0.6) is 0 Å². The largest absolute Gasteiger partial charge is 0.462 e. The Hall–Kier alpha value is 0.0369. The van der Waals surface area contributed by atoms with Gasteiger partial charge in [-0.1, -0.05) is 18.4 Å². The highest BCUT2D eigenvalue weighted by atomic mass is 35.8. The van der Waals surface area contributed by atoms with Crippen LogP contribution in [0.2, 0.25) is 0 Å². The highest BCUT2D eigenvalue weighted by molar-refractivity contribution is 7.66. The smallest absolute Gasteiger partial charge is 0.365 e. The second kappa shape index (κ2) is 9.03. The maximum atomic E-state index is 11.0. The number of hydrogen-bond donors (Lipinski definition) is 0. The molecule has 0 saturated heterocycles. The summed E-state index contributed by atoms with van der Waals surface area (Å²) < 4.78 is 4.95. The maximum Gasteiger partial charge on any atom is 0.365 e. The number of allylic oxidation sites excluding steroid dienone is 1. The summed E-state index contributed by atoms with van der Waals surface area (Å²) in [6, 6.07) is -2.60. The lowest BCUT2D eigenvalue weighted by atomic mass is 10.2. The van der Waals surface area contributed by atoms with E-state index in [9.17, 15) is 4.79 Å². The molecular weight excluding hydrogens is 299 g/mol. The molecule has 0 aromatic carbocycles. The molecule has 0 amide bonds. The minimum absolute atomic E-state index is 0.327. The molecule has 0 saturated carbocycles. The van der Waals surface area contributed by atoms with Crippen LogP contribution in [0.3, 0.4) is 0 Å². The molecular formula is C11H17Cl3O2Si. The molecule has 0 aromatic rings. The van der Waals surface area contributed by atoms with Gasteiger partial charge in [-0.3, -0.25) is 0 Å². The van der Waals surface area contributed by atoms with Crippen LogP contribution in [0.1, 0.15) is 32.6 Å². The van der Waals surface area contributed by atoms with Crippen LogP contribution in [0, 0.1) is 0 Å². The van der Waals surface area contributed by atoms with E-state index in [-0.39, 0.29) is 5.97 Å². The van der Waals surface area contributed by atoms with Gasteiger partial charge in [0.1, 0.15) is 0 Å². The zero-order valence-corrected chi connectivity index (χ0v) is 13.1. The summed E-state index contributed by atoms with van der Waals surface area (Å²) in [6.07, 6.45) is 5.61. The number of halogens is 3. The molecule has 0 aliphatic rings. The van der Waals surface area contributed by atoms with Gasteiger partial charge in [-0.2, -0.15) is 0 Å². The average Bonchev–Trinajstić information content (AvgIpc) is 2.19. The molecule has 0 unspecified atom stereocenters. The Bertz CT molecular complexity index is 285. The molecule has 0 atom stereocenters. The van der Waals surface area contributed by atoms with E-state index in [1.165, 1.54) is 0 Å². The van der Waals surface area contributed by atoms with Gasteiger partial charge >= 0.3 is 12.0 Å². The number of hydrogen-bond acceptors (Lipinski definition) is 2. The second-order valence-corrected chi connectivity index (χ2v) is 12.2. The van der Waals surface area contributed by atoms with Crippen molar-refractivity contribution in [1.29, 1.82) is 0 Å². The molecule has 0 aliphatic carbocycles. The standard InChI is InChI=1S/C11H17Cl3O2Si/c1-10(2)11(15)16-8-6-4-3-5-7-9-17(12,13)14/h7,9H,1,3-6,8H2,2H3. The molecule has 2 nitrogen and oxygen atoms in total. The second-order valence-electron chi connectivity index (χ2n) is 3.71. The molecule has 98 valence electrons. The molecule has 6 heteroatoms. The van der Waals surface area contributed by atoms with E-state index in [1.54, 1.807) is 12.6 Å². The quantitative estimate of drug-likeness (QED) is 0.218. The molecule has 0 N–H and O–H groups in total. The maximum absolute atomic E-state index is 11.0. The van der Waals surface area contributed by atoms with E-state index in [1.807, 2.05) is 6.08 Å². The lowest BCUT2D eigenvalue weighted by Crippen LogP contribution is -2.06. The van der Waals surface area contributed by atoms with Gasteiger partial charge in [-0.05, 0) is 32.6 Å². The number of unbranched alkanes of at least 4 members (excludes halogenated alkanes) is 3. The minimum atomic E-state index is -2.60. The molecule has 0 rings (SSSR count). The van der Waals surface area contributed by atoms with Crippen molar-refractivity contribution in [2.24, 2.45) is 0 Å². The van der Waals surface area contributed by atoms with Crippen LogP contribution < -0.4 is 0 Å². The van der Waals surface area contributed by atoms with Gasteiger partial charge in [0, 0.05) is 5.57 Å². The van der Waals surface area contributed by atoms with Gasteiger partial charge in [0.25, 0.3) is 0 Å². The van der Waals surface area contributed by atoms with E-state index < -0.39 is 6.00 Å². The fourth-order valence-corrected chi connectivity index (χ4v) is 2.28. The van der Waals surface area contributed by atoms with E-state index in [0.717, 1.165) is 25.7 Å². The Kier molecular flexibility index (Phi) is 9.05. The van der Waals surface area contributed by atoms with Crippen molar-refractivity contribution in [3.8, 4) is 0 Å². The van der Waals surface area contributed by atoms with Crippen molar-refractivity contribution >= 4 is 45.2 Å². The topological polar surface area (TPSA) is 26.3 Å². The minimum Gasteiger partial charge on any atom is -0.462 e. The SMILES string of the molecule is C=C(C)C(=O)OCCCCCC=C[Si](Cl)(Cl)Cl. The van der Waals surface area contributed by atoms with Gasteiger partial charge in [0.05, 0.1) is 6.61 Å². The summed E-state index contributed by atoms with van der Waals surface area (Å²) in [5, 5.41) is 0. The van der Waals surface area contributed by atoms with Crippen LogP contribution in [0.4, 0.5) is 0 Å². The third kappa shape index (κ3) is 12.3. The summed E-state index contributed by atoms with van der Waals surface area (Å²) in [7, 11) is 0. The van der Waals surface area contributed by atoms with Gasteiger partial charge < -0.3 is 4.74 Å². The van der Waals surface area contributed by atoms with Crippen LogP contribution in [-0.2, 0) is 9.53 Å². The normalized spacial score (nSPS) is 11.8. The molecule has 0 fully saturated rings. The summed E-state index contributed by atoms with van der Waals surface area (Å²) in [5.74, 6) is -0.327. The van der Waals surface area contributed by atoms with Crippen molar-refractivity contribution in [1.82, 2.24) is 0 Å². The Labute approximate surface area is 118 Å². The number of carbonyl (C=O) groups excluding carboxylic acids is 1. The van der Waals surface area contributed by atoms with E-state index in [4.69, 9.17) is 38.0 Å². The Morgan fingerprint density at radius 3 is 2.47 bits per heavy atom. The monoisotopic (exact) mass is 314 g/mol. The van der Waals surface area contributed by atoms with Crippen LogP contribution in [0.15, 0.2) is 23.9 Å². The molecule has 0 radical (unpaired) electrons. The third-order valence-electron chi connectivity index (χ3n) is 1.90. The van der Waals surface area contributed by atoms with Gasteiger partial charge in [0.2, 0.25) is 0 Å². The van der Waals surface area contributed by atoms with Crippen LogP contribution >= 0.6 is 33.2 Å². The Morgan fingerprint density at radius 2 is 1.94 bits per heavy atom. The number of ether oxygens (including phenoxy) is 1. The van der Waals surface area contributed by atoms with Crippen molar-refractivity contribution in [3.63, 3.8) is 0 Å². The lowest BCUT2D eigenvalue weighted by molar-refractivity contribution is -0.139. The molecule has 0 aromatic heterocycles. The Morgan fingerprint density at radius 1 is 1.29 bits per heavy atom. The molecule has 0 spiro atoms. The fourth-order valence-electron chi connectivity index (χ4n) is 1.05. The summed E-state index contributed by atoms with van der Waals surface area (Å²) in [6.45, 7) is 5.57. The highest BCUT2D eigenvalue weighted by Crippen LogP contribution is 2.21. The number of esters is 1. The first-order valence-corrected chi connectivity index (χ1v) is 10.5. The van der Waals surface area contributed by atoms with Crippen molar-refractivity contribution in [2.45, 2.75) is 32.6 Å². The van der Waals surface area contributed by atoms with E-state index in [0.29, 0.717) is 12.2 Å². The zero-order chi connectivity index (χ0) is 13.3. The molecule has 0 heterocycles. The predicted molar refractivity (Wildman–Crippen MR) is 76.7 cm³/mol. The summed E-state index contributed by atoms with van der Waals surface area (Å²) >= 11 is 17.0. The summed E-state index contributed by atoms with van der Waals surface area (Å²) in [5.41, 5.74) is 2.11. The predicted octanol–water partition coefficient (Wildman–Crippen LogP) is 4.42. The highest BCUT2D eigenvalue weighted by Gasteiger charge is 2.19. The van der Waals surface area contributed by atoms with Crippen molar-refractivity contribution < 1.29 is 9.53 Å². The number of carbonyl (C=O) groups is 1.